The van der Waals surface area contributed by atoms with Crippen molar-refractivity contribution in [1.82, 2.24) is 25.1 Å². The zero-order chi connectivity index (χ0) is 24.1. The average molecular weight is 454 g/mol. The highest BCUT2D eigenvalue weighted by atomic mass is 16.5. The molecule has 174 valence electrons. The average Bonchev–Trinajstić information content (AvgIpc) is 3.39. The molecule has 2 N–H and O–H groups in total. The Kier molecular flexibility index (Phi) is 7.21. The number of ether oxygens (including phenoxy) is 1. The Hall–Kier alpha value is -4.02. The van der Waals surface area contributed by atoms with Gasteiger partial charge in [-0.25, -0.2) is 14.8 Å². The van der Waals surface area contributed by atoms with Crippen LogP contribution >= 0.6 is 0 Å². The number of carbonyl (C=O) groups excluding carboxylic acids is 3. The lowest BCUT2D eigenvalue weighted by Gasteiger charge is -2.20. The molecule has 1 atom stereocenters. The second kappa shape index (κ2) is 10.1. The third-order valence-corrected chi connectivity index (χ3v) is 4.56. The fourth-order valence-corrected chi connectivity index (χ4v) is 3.07. The molecule has 0 spiro atoms. The van der Waals surface area contributed by atoms with Gasteiger partial charge in [-0.1, -0.05) is 13.8 Å². The molecule has 11 nitrogen and oxygen atoms in total. The minimum atomic E-state index is -0.952. The van der Waals surface area contributed by atoms with Crippen LogP contribution in [0, 0.1) is 26.7 Å². The molecular weight excluding hydrogens is 428 g/mol. The van der Waals surface area contributed by atoms with Crippen LogP contribution in [0.15, 0.2) is 34.9 Å². The number of amides is 2. The number of nitrogens with one attached hydrogen (secondary N) is 2. The summed E-state index contributed by atoms with van der Waals surface area (Å²) in [7, 11) is 0. The summed E-state index contributed by atoms with van der Waals surface area (Å²) in [6, 6.07) is 5.58. The number of furan rings is 1. The molecule has 3 rings (SSSR count). The zero-order valence-electron chi connectivity index (χ0n) is 19.1. The Morgan fingerprint density at radius 1 is 1.09 bits per heavy atom. The van der Waals surface area contributed by atoms with Gasteiger partial charge < -0.3 is 19.8 Å². The van der Waals surface area contributed by atoms with Gasteiger partial charge in [0.15, 0.2) is 12.4 Å². The second-order valence-electron chi connectivity index (χ2n) is 7.86. The molecule has 0 aliphatic rings. The van der Waals surface area contributed by atoms with Crippen LogP contribution in [0.3, 0.4) is 0 Å². The van der Waals surface area contributed by atoms with Crippen LogP contribution in [0.1, 0.15) is 41.5 Å². The van der Waals surface area contributed by atoms with Crippen molar-refractivity contribution in [1.29, 1.82) is 0 Å². The number of esters is 1. The summed E-state index contributed by atoms with van der Waals surface area (Å²) < 4.78 is 11.6. The van der Waals surface area contributed by atoms with Gasteiger partial charge in [0.25, 0.3) is 17.8 Å². The molecule has 3 heterocycles. The fraction of sp³-hybridized carbons (Fsp3) is 0.364. The zero-order valence-corrected chi connectivity index (χ0v) is 19.1. The van der Waals surface area contributed by atoms with E-state index in [1.165, 1.54) is 17.0 Å². The molecular formula is C22H26N6O5. The minimum Gasteiger partial charge on any atom is -0.459 e. The lowest BCUT2D eigenvalue weighted by Crippen LogP contribution is -2.45. The van der Waals surface area contributed by atoms with Gasteiger partial charge in [-0.05, 0) is 44.9 Å². The Balaban J connectivity index is 1.64. The Morgan fingerprint density at radius 3 is 2.39 bits per heavy atom. The molecule has 2 amide bonds. The standard InChI is InChI=1S/C22H26N6O5/c1-12(2)19(26-20(30)16-7-6-8-32-16)21(31)33-11-18(29)25-17-10-15(5)27-28(17)22-23-13(3)9-14(4)24-22/h6-10,12,19H,11H2,1-5H3,(H,25,29)(H,26,30). The number of hydrogen-bond acceptors (Lipinski definition) is 8. The summed E-state index contributed by atoms with van der Waals surface area (Å²) in [4.78, 5) is 45.9. The number of hydrogen-bond donors (Lipinski definition) is 2. The van der Waals surface area contributed by atoms with Gasteiger partial charge in [0.05, 0.1) is 12.0 Å². The van der Waals surface area contributed by atoms with E-state index in [0.29, 0.717) is 17.5 Å². The summed E-state index contributed by atoms with van der Waals surface area (Å²) in [5.41, 5.74) is 2.16. The topological polar surface area (TPSA) is 141 Å². The second-order valence-corrected chi connectivity index (χ2v) is 7.86. The van der Waals surface area contributed by atoms with Crippen molar-refractivity contribution in [3.05, 3.63) is 53.4 Å². The van der Waals surface area contributed by atoms with Gasteiger partial charge in [0.2, 0.25) is 0 Å². The summed E-state index contributed by atoms with van der Waals surface area (Å²) >= 11 is 0. The lowest BCUT2D eigenvalue weighted by molar-refractivity contribution is -0.150. The van der Waals surface area contributed by atoms with Crippen LogP contribution in [0.25, 0.3) is 5.95 Å². The predicted octanol–water partition coefficient (Wildman–Crippen LogP) is 2.12. The number of anilines is 1. The van der Waals surface area contributed by atoms with E-state index in [4.69, 9.17) is 9.15 Å². The number of aryl methyl sites for hydroxylation is 3. The summed E-state index contributed by atoms with van der Waals surface area (Å²) in [5, 5.41) is 9.56. The van der Waals surface area contributed by atoms with Crippen molar-refractivity contribution in [3.8, 4) is 5.95 Å². The van der Waals surface area contributed by atoms with E-state index in [1.807, 2.05) is 19.9 Å². The lowest BCUT2D eigenvalue weighted by atomic mass is 10.0. The first-order valence-corrected chi connectivity index (χ1v) is 10.3. The van der Waals surface area contributed by atoms with Gasteiger partial charge in [-0.2, -0.15) is 9.78 Å². The molecule has 0 saturated carbocycles. The molecule has 3 aromatic rings. The van der Waals surface area contributed by atoms with Crippen molar-refractivity contribution in [2.45, 2.75) is 40.7 Å². The van der Waals surface area contributed by atoms with Crippen LogP contribution in [0.4, 0.5) is 5.82 Å². The normalized spacial score (nSPS) is 11.8. The van der Waals surface area contributed by atoms with E-state index < -0.39 is 30.4 Å². The first-order valence-electron chi connectivity index (χ1n) is 10.3. The third-order valence-electron chi connectivity index (χ3n) is 4.56. The van der Waals surface area contributed by atoms with Crippen LogP contribution in [-0.4, -0.2) is 50.2 Å². The van der Waals surface area contributed by atoms with E-state index in [-0.39, 0.29) is 11.7 Å². The molecule has 33 heavy (non-hydrogen) atoms. The van der Waals surface area contributed by atoms with Gasteiger partial charge in [-0.3, -0.25) is 9.59 Å². The fourth-order valence-electron chi connectivity index (χ4n) is 3.07. The van der Waals surface area contributed by atoms with Crippen molar-refractivity contribution >= 4 is 23.6 Å². The van der Waals surface area contributed by atoms with Crippen molar-refractivity contribution < 1.29 is 23.5 Å². The summed E-state index contributed by atoms with van der Waals surface area (Å²) in [6.07, 6.45) is 1.36. The summed E-state index contributed by atoms with van der Waals surface area (Å²) in [5.74, 6) is -1.41. The Bertz CT molecular complexity index is 1130. The molecule has 0 aromatic carbocycles. The molecule has 0 aliphatic heterocycles. The van der Waals surface area contributed by atoms with E-state index in [1.54, 1.807) is 32.9 Å². The highest BCUT2D eigenvalue weighted by Gasteiger charge is 2.27. The maximum Gasteiger partial charge on any atom is 0.329 e. The monoisotopic (exact) mass is 454 g/mol. The molecule has 0 aliphatic carbocycles. The predicted molar refractivity (Wildman–Crippen MR) is 118 cm³/mol. The van der Waals surface area contributed by atoms with Gasteiger partial charge in [0.1, 0.15) is 11.9 Å². The van der Waals surface area contributed by atoms with Crippen molar-refractivity contribution in [2.75, 3.05) is 11.9 Å². The van der Waals surface area contributed by atoms with Crippen LogP contribution < -0.4 is 10.6 Å². The molecule has 3 aromatic heterocycles. The number of nitrogens with zero attached hydrogens (tertiary/aromatic N) is 4. The maximum atomic E-state index is 12.5. The molecule has 1 unspecified atom stereocenters. The van der Waals surface area contributed by atoms with Crippen molar-refractivity contribution in [3.63, 3.8) is 0 Å². The molecule has 11 heteroatoms. The Morgan fingerprint density at radius 2 is 1.79 bits per heavy atom. The number of rotatable bonds is 8. The third kappa shape index (κ3) is 6.03. The first-order chi connectivity index (χ1) is 15.6. The maximum absolute atomic E-state index is 12.5. The van der Waals surface area contributed by atoms with Gasteiger partial charge in [0, 0.05) is 17.5 Å². The van der Waals surface area contributed by atoms with E-state index in [9.17, 15) is 14.4 Å². The van der Waals surface area contributed by atoms with E-state index in [0.717, 1.165) is 11.4 Å². The molecule has 0 bridgehead atoms. The van der Waals surface area contributed by atoms with E-state index in [2.05, 4.69) is 25.7 Å². The highest BCUT2D eigenvalue weighted by molar-refractivity contribution is 5.96. The Labute approximate surface area is 190 Å². The smallest absolute Gasteiger partial charge is 0.329 e. The van der Waals surface area contributed by atoms with Gasteiger partial charge >= 0.3 is 5.97 Å². The highest BCUT2D eigenvalue weighted by Crippen LogP contribution is 2.15. The van der Waals surface area contributed by atoms with Crippen LogP contribution in [0.5, 0.6) is 0 Å². The molecule has 0 radical (unpaired) electrons. The molecule has 0 saturated heterocycles. The summed E-state index contributed by atoms with van der Waals surface area (Å²) in [6.45, 7) is 8.39. The first kappa shape index (κ1) is 23.6. The quantitative estimate of drug-likeness (QED) is 0.493. The van der Waals surface area contributed by atoms with Crippen LogP contribution in [-0.2, 0) is 14.3 Å². The van der Waals surface area contributed by atoms with Gasteiger partial charge in [-0.15, -0.1) is 0 Å². The SMILES string of the molecule is Cc1cc(C)nc(-n2nc(C)cc2NC(=O)COC(=O)C(NC(=O)c2ccco2)C(C)C)n1. The number of carbonyl (C=O) groups is 3. The largest absolute Gasteiger partial charge is 0.459 e. The molecule has 0 fully saturated rings. The van der Waals surface area contributed by atoms with Crippen molar-refractivity contribution in [2.24, 2.45) is 5.92 Å². The number of aromatic nitrogens is 4. The van der Waals surface area contributed by atoms with Crippen LogP contribution in [0.2, 0.25) is 0 Å². The minimum absolute atomic E-state index is 0.0726. The van der Waals surface area contributed by atoms with E-state index >= 15 is 0 Å².